The van der Waals surface area contributed by atoms with Crippen molar-refractivity contribution < 1.29 is 57.2 Å². The molecule has 0 aromatic heterocycles. The third kappa shape index (κ3) is 5.76. The van der Waals surface area contributed by atoms with Crippen LogP contribution in [-0.4, -0.2) is 32.1 Å². The van der Waals surface area contributed by atoms with Crippen LogP contribution < -0.4 is 0 Å². The van der Waals surface area contributed by atoms with Gasteiger partial charge in [0.25, 0.3) is 0 Å². The Bertz CT molecular complexity index is 820. The summed E-state index contributed by atoms with van der Waals surface area (Å²) in [6.45, 7) is 0. The summed E-state index contributed by atoms with van der Waals surface area (Å²) in [4.78, 5) is -1.90. The number of hydrogen-bond acceptors (Lipinski definition) is 1. The second kappa shape index (κ2) is 8.67. The predicted octanol–water partition coefficient (Wildman–Crippen LogP) is 7.71. The van der Waals surface area contributed by atoms with Gasteiger partial charge in [0.05, 0.1) is 17.2 Å². The van der Waals surface area contributed by atoms with Crippen LogP contribution in [0.25, 0.3) is 0 Å². The molecule has 0 fully saturated rings. The molecule has 0 saturated carbocycles. The molecule has 1 rings (SSSR count). The molecular formula is C13H3BrCl3F12OS. The third-order valence-electron chi connectivity index (χ3n) is 3.44. The van der Waals surface area contributed by atoms with E-state index in [1.807, 2.05) is 0 Å². The lowest BCUT2D eigenvalue weighted by Crippen LogP contribution is -2.60. The fourth-order valence-electron chi connectivity index (χ4n) is 2.16. The molecule has 0 aliphatic carbocycles. The summed E-state index contributed by atoms with van der Waals surface area (Å²) < 4.78 is 166. The van der Waals surface area contributed by atoms with E-state index in [1.54, 1.807) is 0 Å². The van der Waals surface area contributed by atoms with Gasteiger partial charge in [-0.15, -0.1) is 13.2 Å². The molecule has 179 valence electrons. The van der Waals surface area contributed by atoms with Crippen molar-refractivity contribution in [2.75, 3.05) is 0 Å². The lowest BCUT2D eigenvalue weighted by atomic mass is 9.84. The number of halogens is 16. The minimum Gasteiger partial charge on any atom is -0.604 e. The first kappa shape index (κ1) is 29.1. The van der Waals surface area contributed by atoms with Crippen LogP contribution in [0.4, 0.5) is 52.7 Å². The fraction of sp³-hybridized carbons (Fsp3) is 0.538. The van der Waals surface area contributed by atoms with Gasteiger partial charge in [-0.05, 0) is 21.5 Å². The normalized spacial score (nSPS) is 17.5. The number of rotatable bonds is 4. The molecule has 0 spiro atoms. The first-order valence-electron chi connectivity index (χ1n) is 6.88. The van der Waals surface area contributed by atoms with Gasteiger partial charge in [0.2, 0.25) is 0 Å². The highest BCUT2D eigenvalue weighted by Crippen LogP contribution is 2.60. The summed E-state index contributed by atoms with van der Waals surface area (Å²) in [7, 11) is 0. The minimum absolute atomic E-state index is 0.743. The van der Waals surface area contributed by atoms with Crippen molar-refractivity contribution in [1.29, 1.82) is 0 Å². The monoisotopic (exact) mass is 619 g/mol. The first-order valence-corrected chi connectivity index (χ1v) is 9.96. The van der Waals surface area contributed by atoms with Gasteiger partial charge < -0.3 is 4.55 Å². The number of alkyl halides is 15. The molecule has 1 aromatic carbocycles. The summed E-state index contributed by atoms with van der Waals surface area (Å²) >= 11 is 13.9. The Morgan fingerprint density at radius 2 is 1.32 bits per heavy atom. The molecule has 2 unspecified atom stereocenters. The van der Waals surface area contributed by atoms with Crippen molar-refractivity contribution in [3.05, 3.63) is 27.7 Å². The first-order chi connectivity index (χ1) is 13.4. The summed E-state index contributed by atoms with van der Waals surface area (Å²) in [5.74, 6) is -7.24. The van der Waals surface area contributed by atoms with Gasteiger partial charge >= 0.3 is 29.5 Å². The maximum absolute atomic E-state index is 14.9. The molecule has 0 N–H and O–H groups in total. The summed E-state index contributed by atoms with van der Waals surface area (Å²) in [5, 5.41) is 0. The smallest absolute Gasteiger partial charge is 0.578 e. The van der Waals surface area contributed by atoms with Gasteiger partial charge in [0.15, 0.2) is 8.69 Å². The summed E-state index contributed by atoms with van der Waals surface area (Å²) in [5.41, 5.74) is -16.6. The van der Waals surface area contributed by atoms with Crippen LogP contribution in [0, 0.1) is 6.07 Å². The van der Waals surface area contributed by atoms with E-state index in [0.29, 0.717) is 0 Å². The van der Waals surface area contributed by atoms with Crippen molar-refractivity contribution >= 4 is 61.9 Å². The Kier molecular flexibility index (Phi) is 8.14. The van der Waals surface area contributed by atoms with Crippen molar-refractivity contribution in [2.45, 2.75) is 44.6 Å². The van der Waals surface area contributed by atoms with Crippen LogP contribution in [0.1, 0.15) is 11.1 Å². The Labute approximate surface area is 191 Å². The second-order valence-electron chi connectivity index (χ2n) is 5.57. The van der Waals surface area contributed by atoms with Gasteiger partial charge in [-0.25, -0.2) is 4.39 Å². The van der Waals surface area contributed by atoms with Crippen LogP contribution in [0.5, 0.6) is 0 Å². The standard InChI is InChI=1S/C13H3BrCl3F12OS/c14-7-2-4(31(30)13(27,28)29)1-6(5(7)3-8(15,16)17)9(18,11(21,22)23)10(19,20)12(24,25)26/h1H,3H2. The molecule has 1 nitrogen and oxygen atoms in total. The summed E-state index contributed by atoms with van der Waals surface area (Å²) in [6.07, 6.45) is -15.7. The van der Waals surface area contributed by atoms with Gasteiger partial charge in [-0.1, -0.05) is 34.8 Å². The van der Waals surface area contributed by atoms with Gasteiger partial charge in [-0.2, -0.15) is 35.1 Å². The Balaban J connectivity index is 4.15. The van der Waals surface area contributed by atoms with E-state index in [-0.39, 0.29) is 0 Å². The maximum atomic E-state index is 14.9. The molecule has 0 amide bonds. The van der Waals surface area contributed by atoms with E-state index in [0.717, 1.165) is 0 Å². The van der Waals surface area contributed by atoms with E-state index in [9.17, 15) is 57.2 Å². The largest absolute Gasteiger partial charge is 0.604 e. The van der Waals surface area contributed by atoms with Crippen LogP contribution in [0.15, 0.2) is 15.4 Å². The molecule has 1 aromatic rings. The topological polar surface area (TPSA) is 23.1 Å². The third-order valence-corrected chi connectivity index (χ3v) is 5.55. The Hall–Kier alpha value is 0.0400. The van der Waals surface area contributed by atoms with E-state index in [2.05, 4.69) is 15.9 Å². The van der Waals surface area contributed by atoms with Crippen molar-refractivity contribution in [1.82, 2.24) is 0 Å². The predicted molar refractivity (Wildman–Crippen MR) is 89.3 cm³/mol. The average Bonchev–Trinajstić information content (AvgIpc) is 2.50. The highest BCUT2D eigenvalue weighted by atomic mass is 79.9. The molecule has 18 heteroatoms. The van der Waals surface area contributed by atoms with Crippen LogP contribution >= 0.6 is 50.7 Å². The molecule has 31 heavy (non-hydrogen) atoms. The van der Waals surface area contributed by atoms with Crippen LogP contribution in [-0.2, 0) is 23.3 Å². The highest BCUT2D eigenvalue weighted by molar-refractivity contribution is 9.10. The second-order valence-corrected chi connectivity index (χ2v) is 10.3. The van der Waals surface area contributed by atoms with E-state index >= 15 is 0 Å². The molecule has 0 aliphatic heterocycles. The Morgan fingerprint density at radius 1 is 0.871 bits per heavy atom. The van der Waals surface area contributed by atoms with Crippen molar-refractivity contribution in [3.8, 4) is 0 Å². The van der Waals surface area contributed by atoms with Gasteiger partial charge in [0.1, 0.15) is 0 Å². The minimum atomic E-state index is -7.24. The fourth-order valence-corrected chi connectivity index (χ4v) is 3.92. The molecule has 2 atom stereocenters. The van der Waals surface area contributed by atoms with Crippen LogP contribution in [0.3, 0.4) is 0 Å². The molecule has 0 aliphatic rings. The number of benzene rings is 1. The van der Waals surface area contributed by atoms with E-state index in [1.165, 1.54) is 6.07 Å². The van der Waals surface area contributed by atoms with Crippen molar-refractivity contribution in [2.24, 2.45) is 0 Å². The SMILES string of the molecule is [O-][S+](c1[c]c(Br)c(CC(Cl)(Cl)Cl)c(C(F)(C(F)(F)F)C(F)(F)C(F)(F)F)c1)C(F)(F)F. The zero-order valence-electron chi connectivity index (χ0n) is 13.6. The molecule has 0 saturated heterocycles. The molecule has 0 bridgehead atoms. The van der Waals surface area contributed by atoms with Crippen LogP contribution in [0.2, 0.25) is 0 Å². The lowest BCUT2D eigenvalue weighted by Gasteiger charge is -2.37. The van der Waals surface area contributed by atoms with E-state index in [4.69, 9.17) is 34.8 Å². The van der Waals surface area contributed by atoms with Crippen molar-refractivity contribution in [3.63, 3.8) is 0 Å². The molecular weight excluding hydrogens is 618 g/mol. The molecule has 1 radical (unpaired) electrons. The lowest BCUT2D eigenvalue weighted by molar-refractivity contribution is -0.389. The van der Waals surface area contributed by atoms with Gasteiger partial charge in [-0.3, -0.25) is 0 Å². The zero-order valence-corrected chi connectivity index (χ0v) is 18.3. The maximum Gasteiger partial charge on any atom is 0.578 e. The number of hydrogen-bond donors (Lipinski definition) is 0. The van der Waals surface area contributed by atoms with E-state index < -0.39 is 77.4 Å². The quantitative estimate of drug-likeness (QED) is 0.192. The Morgan fingerprint density at radius 3 is 1.65 bits per heavy atom. The van der Waals surface area contributed by atoms with Gasteiger partial charge in [0, 0.05) is 22.5 Å². The zero-order chi connectivity index (χ0) is 25.0. The molecule has 0 heterocycles. The summed E-state index contributed by atoms with van der Waals surface area (Å²) in [6, 6.07) is 0.777. The highest BCUT2D eigenvalue weighted by Gasteiger charge is 2.82. The average molecular weight is 621 g/mol.